The largest absolute Gasteiger partial charge is 0.618 e. The molecule has 1 heterocycles. The predicted octanol–water partition coefficient (Wildman–Crippen LogP) is 1.41. The van der Waals surface area contributed by atoms with Crippen LogP contribution in [0.25, 0.3) is 10.9 Å². The normalized spacial score (nSPS) is 12.1. The van der Waals surface area contributed by atoms with E-state index in [0.717, 1.165) is 4.73 Å². The van der Waals surface area contributed by atoms with Crippen LogP contribution in [0.1, 0.15) is 6.92 Å². The summed E-state index contributed by atoms with van der Waals surface area (Å²) < 4.78 is 10.9. The number of fused-ring (bicyclic) bond motifs is 1. The van der Waals surface area contributed by atoms with Crippen molar-refractivity contribution >= 4 is 16.9 Å². The van der Waals surface area contributed by atoms with Gasteiger partial charge in [-0.15, -0.1) is 0 Å². The second-order valence-electron chi connectivity index (χ2n) is 3.81. The quantitative estimate of drug-likeness (QED) is 0.467. The minimum absolute atomic E-state index is 0.460. The fraction of sp³-hybridized carbons (Fsp3) is 0.231. The van der Waals surface area contributed by atoms with Crippen LogP contribution in [0.15, 0.2) is 36.5 Å². The number of hydrogen-bond acceptors (Lipinski definition) is 4. The van der Waals surface area contributed by atoms with Crippen molar-refractivity contribution in [3.63, 3.8) is 0 Å². The van der Waals surface area contributed by atoms with Gasteiger partial charge in [0, 0.05) is 12.1 Å². The maximum atomic E-state index is 11.6. The molecule has 0 aliphatic rings. The second-order valence-corrected chi connectivity index (χ2v) is 3.81. The number of rotatable bonds is 3. The van der Waals surface area contributed by atoms with E-state index in [1.165, 1.54) is 13.3 Å². The molecule has 0 radical (unpaired) electrons. The predicted molar refractivity (Wildman–Crippen MR) is 65.0 cm³/mol. The number of aromatic nitrogens is 1. The van der Waals surface area contributed by atoms with Gasteiger partial charge in [-0.2, -0.15) is 4.73 Å². The van der Waals surface area contributed by atoms with Gasteiger partial charge in [0.05, 0.1) is 12.5 Å². The van der Waals surface area contributed by atoms with Crippen LogP contribution >= 0.6 is 0 Å². The van der Waals surface area contributed by atoms with E-state index in [-0.39, 0.29) is 0 Å². The molecule has 1 aromatic carbocycles. The smallest absolute Gasteiger partial charge is 0.346 e. The Bertz CT molecular complexity index is 582. The highest BCUT2D eigenvalue weighted by atomic mass is 16.6. The van der Waals surface area contributed by atoms with Gasteiger partial charge >= 0.3 is 5.97 Å². The summed E-state index contributed by atoms with van der Waals surface area (Å²) in [5.74, 6) is 0.0218. The molecule has 5 nitrogen and oxygen atoms in total. The molecule has 0 unspecified atom stereocenters. The monoisotopic (exact) mass is 247 g/mol. The molecule has 1 atom stereocenters. The molecule has 5 heteroatoms. The molecule has 0 aliphatic heterocycles. The van der Waals surface area contributed by atoms with Crippen molar-refractivity contribution in [3.8, 4) is 5.75 Å². The average molecular weight is 247 g/mol. The lowest BCUT2D eigenvalue weighted by molar-refractivity contribution is -0.577. The Morgan fingerprint density at radius 2 is 2.11 bits per heavy atom. The third-order valence-corrected chi connectivity index (χ3v) is 2.60. The second kappa shape index (κ2) is 4.91. The summed E-state index contributed by atoms with van der Waals surface area (Å²) in [6.45, 7) is 1.60. The molecule has 2 aromatic rings. The number of benzene rings is 1. The van der Waals surface area contributed by atoms with Gasteiger partial charge in [0.2, 0.25) is 5.52 Å². The van der Waals surface area contributed by atoms with Crippen LogP contribution in [-0.4, -0.2) is 19.2 Å². The van der Waals surface area contributed by atoms with Gasteiger partial charge in [-0.05, 0) is 19.1 Å². The summed E-state index contributed by atoms with van der Waals surface area (Å²) >= 11 is 0. The zero-order chi connectivity index (χ0) is 13.1. The van der Waals surface area contributed by atoms with Crippen LogP contribution in [0.3, 0.4) is 0 Å². The number of hydrogen-bond donors (Lipinski definition) is 0. The maximum absolute atomic E-state index is 11.6. The number of carbonyl (C=O) groups excluding carboxylic acids is 1. The van der Waals surface area contributed by atoms with Crippen LogP contribution in [0.4, 0.5) is 0 Å². The number of pyridine rings is 1. The summed E-state index contributed by atoms with van der Waals surface area (Å²) in [6.07, 6.45) is 0.691. The van der Waals surface area contributed by atoms with Gasteiger partial charge in [-0.3, -0.25) is 0 Å². The Kier molecular flexibility index (Phi) is 3.32. The topological polar surface area (TPSA) is 62.5 Å². The minimum Gasteiger partial charge on any atom is -0.618 e. The summed E-state index contributed by atoms with van der Waals surface area (Å²) in [6, 6.07) is 8.50. The molecule has 0 bridgehead atoms. The van der Waals surface area contributed by atoms with Crippen molar-refractivity contribution in [1.82, 2.24) is 0 Å². The van der Waals surface area contributed by atoms with Gasteiger partial charge in [0.25, 0.3) is 0 Å². The number of ether oxygens (including phenoxy) is 2. The van der Waals surface area contributed by atoms with E-state index in [1.807, 2.05) is 0 Å². The van der Waals surface area contributed by atoms with Crippen molar-refractivity contribution in [2.45, 2.75) is 13.0 Å². The van der Waals surface area contributed by atoms with Crippen molar-refractivity contribution in [2.75, 3.05) is 7.11 Å². The van der Waals surface area contributed by atoms with E-state index < -0.39 is 12.1 Å². The van der Waals surface area contributed by atoms with E-state index in [9.17, 15) is 10.0 Å². The molecule has 0 amide bonds. The fourth-order valence-electron chi connectivity index (χ4n) is 1.70. The van der Waals surface area contributed by atoms with E-state index in [4.69, 9.17) is 4.74 Å². The van der Waals surface area contributed by atoms with Crippen molar-refractivity contribution < 1.29 is 19.0 Å². The lowest BCUT2D eigenvalue weighted by atomic mass is 10.2. The first-order valence-corrected chi connectivity index (χ1v) is 5.49. The zero-order valence-corrected chi connectivity index (χ0v) is 10.1. The first-order valence-electron chi connectivity index (χ1n) is 5.49. The summed E-state index contributed by atoms with van der Waals surface area (Å²) in [5.41, 5.74) is 0.493. The Hall–Kier alpha value is -2.30. The van der Waals surface area contributed by atoms with Gasteiger partial charge in [-0.25, -0.2) is 4.79 Å². The van der Waals surface area contributed by atoms with E-state index in [1.54, 1.807) is 37.3 Å². The van der Waals surface area contributed by atoms with Gasteiger partial charge < -0.3 is 14.7 Å². The summed E-state index contributed by atoms with van der Waals surface area (Å²) in [7, 11) is 1.30. The molecule has 2 rings (SSSR count). The summed E-state index contributed by atoms with van der Waals surface area (Å²) in [4.78, 5) is 11.3. The van der Waals surface area contributed by atoms with Crippen molar-refractivity contribution in [1.29, 1.82) is 0 Å². The van der Waals surface area contributed by atoms with Gasteiger partial charge in [0.15, 0.2) is 12.3 Å². The van der Waals surface area contributed by atoms with Crippen molar-refractivity contribution in [2.24, 2.45) is 0 Å². The molecule has 0 spiro atoms. The Balaban J connectivity index is 2.40. The molecular weight excluding hydrogens is 234 g/mol. The Morgan fingerprint density at radius 3 is 2.83 bits per heavy atom. The van der Waals surface area contributed by atoms with Crippen LogP contribution < -0.4 is 9.47 Å². The lowest BCUT2D eigenvalue weighted by Gasteiger charge is -2.13. The standard InChI is InChI=1S/C13H13NO4/c1-9(13(15)17-2)18-12-7-3-6-11-10(12)5-4-8-14(11)16/h3-9H,1-2H3/t9-/m0/s1. The maximum Gasteiger partial charge on any atom is 0.346 e. The number of esters is 1. The number of carbonyl (C=O) groups is 1. The minimum atomic E-state index is -0.721. The first-order chi connectivity index (χ1) is 8.63. The SMILES string of the molecule is COC(=O)[C@H](C)Oc1cccc2c1ccc[n+]2[O-]. The van der Waals surface area contributed by atoms with Crippen LogP contribution in [0.5, 0.6) is 5.75 Å². The van der Waals surface area contributed by atoms with Crippen LogP contribution in [-0.2, 0) is 9.53 Å². The van der Waals surface area contributed by atoms with E-state index >= 15 is 0 Å². The van der Waals surface area contributed by atoms with Gasteiger partial charge in [0.1, 0.15) is 5.75 Å². The highest BCUT2D eigenvalue weighted by Crippen LogP contribution is 2.24. The molecular formula is C13H13NO4. The average Bonchev–Trinajstić information content (AvgIpc) is 2.39. The molecule has 18 heavy (non-hydrogen) atoms. The van der Waals surface area contributed by atoms with E-state index in [2.05, 4.69) is 4.74 Å². The highest BCUT2D eigenvalue weighted by molar-refractivity contribution is 5.83. The van der Waals surface area contributed by atoms with Crippen LogP contribution in [0, 0.1) is 5.21 Å². The molecule has 0 N–H and O–H groups in total. The Labute approximate surface area is 104 Å². The van der Waals surface area contributed by atoms with Crippen LogP contribution in [0.2, 0.25) is 0 Å². The first kappa shape index (κ1) is 12.2. The Morgan fingerprint density at radius 1 is 1.33 bits per heavy atom. The number of methoxy groups -OCH3 is 1. The third-order valence-electron chi connectivity index (χ3n) is 2.60. The number of nitrogens with zero attached hydrogens (tertiary/aromatic N) is 1. The van der Waals surface area contributed by atoms with Crippen molar-refractivity contribution in [3.05, 3.63) is 41.7 Å². The molecule has 0 fully saturated rings. The molecule has 0 aliphatic carbocycles. The van der Waals surface area contributed by atoms with E-state index in [0.29, 0.717) is 16.7 Å². The molecule has 0 saturated heterocycles. The lowest BCUT2D eigenvalue weighted by Crippen LogP contribution is -2.27. The zero-order valence-electron chi connectivity index (χ0n) is 10.1. The molecule has 94 valence electrons. The summed E-state index contributed by atoms with van der Waals surface area (Å²) in [5, 5.41) is 12.2. The fourth-order valence-corrected chi connectivity index (χ4v) is 1.70. The molecule has 1 aromatic heterocycles. The molecule has 0 saturated carbocycles. The highest BCUT2D eigenvalue weighted by Gasteiger charge is 2.17. The van der Waals surface area contributed by atoms with Gasteiger partial charge in [-0.1, -0.05) is 6.07 Å². The third kappa shape index (κ3) is 2.20.